The summed E-state index contributed by atoms with van der Waals surface area (Å²) < 4.78 is 1.99. The fourth-order valence-corrected chi connectivity index (χ4v) is 2.78. The summed E-state index contributed by atoms with van der Waals surface area (Å²) in [6.45, 7) is 7.06. The van der Waals surface area contributed by atoms with E-state index >= 15 is 0 Å². The van der Waals surface area contributed by atoms with Gasteiger partial charge in [-0.05, 0) is 51.4 Å². The smallest absolute Gasteiger partial charge is 0.270 e. The van der Waals surface area contributed by atoms with Crippen molar-refractivity contribution in [3.05, 3.63) is 23.5 Å². The molecular formula is C15H26ClN3O. The Morgan fingerprint density at radius 3 is 2.55 bits per heavy atom. The van der Waals surface area contributed by atoms with E-state index in [1.54, 1.807) is 0 Å². The van der Waals surface area contributed by atoms with E-state index in [0.29, 0.717) is 6.04 Å². The van der Waals surface area contributed by atoms with Crippen molar-refractivity contribution in [1.29, 1.82) is 0 Å². The average molecular weight is 300 g/mol. The Bertz CT molecular complexity index is 438. The summed E-state index contributed by atoms with van der Waals surface area (Å²) in [7, 11) is 1.97. The van der Waals surface area contributed by atoms with Crippen LogP contribution in [0.1, 0.15) is 42.4 Å². The molecule has 0 spiro atoms. The monoisotopic (exact) mass is 299 g/mol. The molecular weight excluding hydrogens is 274 g/mol. The number of piperidine rings is 1. The second kappa shape index (κ2) is 7.70. The molecule has 5 heteroatoms. The minimum absolute atomic E-state index is 0. The molecule has 20 heavy (non-hydrogen) atoms. The number of carbonyl (C=O) groups is 1. The van der Waals surface area contributed by atoms with Gasteiger partial charge in [0, 0.05) is 25.3 Å². The van der Waals surface area contributed by atoms with Crippen LogP contribution in [-0.2, 0) is 7.05 Å². The van der Waals surface area contributed by atoms with Gasteiger partial charge in [-0.3, -0.25) is 4.79 Å². The predicted molar refractivity (Wildman–Crippen MR) is 84.6 cm³/mol. The van der Waals surface area contributed by atoms with Crippen LogP contribution >= 0.6 is 12.4 Å². The van der Waals surface area contributed by atoms with Crippen LogP contribution in [0.2, 0.25) is 0 Å². The molecule has 1 aromatic rings. The summed E-state index contributed by atoms with van der Waals surface area (Å²) in [5.74, 6) is 0.185. The summed E-state index contributed by atoms with van der Waals surface area (Å²) in [4.78, 5) is 14.8. The topological polar surface area (TPSA) is 37.3 Å². The van der Waals surface area contributed by atoms with Crippen LogP contribution in [0.5, 0.6) is 0 Å². The van der Waals surface area contributed by atoms with Crippen LogP contribution in [0.25, 0.3) is 0 Å². The Morgan fingerprint density at radius 1 is 1.40 bits per heavy atom. The number of halogens is 1. The van der Waals surface area contributed by atoms with E-state index in [-0.39, 0.29) is 18.3 Å². The third kappa shape index (κ3) is 3.55. The number of aryl methyl sites for hydroxylation is 1. The highest BCUT2D eigenvalue weighted by Crippen LogP contribution is 2.17. The first-order valence-electron chi connectivity index (χ1n) is 7.29. The molecule has 0 aromatic carbocycles. The molecule has 1 aliphatic rings. The predicted octanol–water partition coefficient (Wildman–Crippen LogP) is 2.36. The number of amides is 1. The molecule has 4 nitrogen and oxygen atoms in total. The number of carbonyl (C=O) groups excluding carboxylic acids is 1. The first kappa shape index (κ1) is 17.1. The number of rotatable bonds is 4. The van der Waals surface area contributed by atoms with Gasteiger partial charge in [-0.25, -0.2) is 0 Å². The van der Waals surface area contributed by atoms with Gasteiger partial charge < -0.3 is 14.8 Å². The minimum Gasteiger partial charge on any atom is -0.344 e. The lowest BCUT2D eigenvalue weighted by atomic mass is 10.0. The maximum atomic E-state index is 12.8. The number of nitrogens with zero attached hydrogens (tertiary/aromatic N) is 2. The van der Waals surface area contributed by atoms with Gasteiger partial charge >= 0.3 is 0 Å². The van der Waals surface area contributed by atoms with Crippen molar-refractivity contribution in [3.63, 3.8) is 0 Å². The second-order valence-corrected chi connectivity index (χ2v) is 5.40. The van der Waals surface area contributed by atoms with Crippen molar-refractivity contribution in [2.24, 2.45) is 7.05 Å². The van der Waals surface area contributed by atoms with Crippen LogP contribution in [0.4, 0.5) is 0 Å². The molecule has 0 bridgehead atoms. The normalized spacial score (nSPS) is 15.8. The maximum Gasteiger partial charge on any atom is 0.270 e. The maximum absolute atomic E-state index is 12.8. The lowest BCUT2D eigenvalue weighted by Gasteiger charge is -2.34. The molecule has 1 fully saturated rings. The van der Waals surface area contributed by atoms with Crippen LogP contribution < -0.4 is 5.32 Å². The zero-order valence-corrected chi connectivity index (χ0v) is 13.5. The summed E-state index contributed by atoms with van der Waals surface area (Å²) in [6.07, 6.45) is 3.14. The van der Waals surface area contributed by atoms with E-state index in [9.17, 15) is 4.79 Å². The molecule has 1 amide bonds. The van der Waals surface area contributed by atoms with Crippen molar-refractivity contribution in [1.82, 2.24) is 14.8 Å². The van der Waals surface area contributed by atoms with E-state index in [0.717, 1.165) is 50.3 Å². The van der Waals surface area contributed by atoms with Gasteiger partial charge in [0.25, 0.3) is 5.91 Å². The summed E-state index contributed by atoms with van der Waals surface area (Å²) in [5, 5.41) is 3.36. The highest BCUT2D eigenvalue weighted by atomic mass is 35.5. The Hall–Kier alpha value is -1.00. The molecule has 0 saturated carbocycles. The van der Waals surface area contributed by atoms with Gasteiger partial charge in [-0.2, -0.15) is 0 Å². The number of hydrogen-bond donors (Lipinski definition) is 1. The number of nitrogens with one attached hydrogen (secondary N) is 1. The molecule has 114 valence electrons. The third-order valence-electron chi connectivity index (χ3n) is 4.07. The van der Waals surface area contributed by atoms with E-state index in [1.807, 2.05) is 30.7 Å². The highest BCUT2D eigenvalue weighted by molar-refractivity contribution is 5.93. The zero-order chi connectivity index (χ0) is 13.8. The largest absolute Gasteiger partial charge is 0.344 e. The van der Waals surface area contributed by atoms with E-state index < -0.39 is 0 Å². The van der Waals surface area contributed by atoms with Gasteiger partial charge in [-0.1, -0.05) is 6.92 Å². The van der Waals surface area contributed by atoms with Gasteiger partial charge in [0.1, 0.15) is 5.69 Å². The fraction of sp³-hybridized carbons (Fsp3) is 0.667. The van der Waals surface area contributed by atoms with Crippen molar-refractivity contribution < 1.29 is 4.79 Å². The van der Waals surface area contributed by atoms with Crippen molar-refractivity contribution in [2.45, 2.75) is 39.2 Å². The molecule has 0 atom stereocenters. The summed E-state index contributed by atoms with van der Waals surface area (Å²) >= 11 is 0. The fourth-order valence-electron chi connectivity index (χ4n) is 2.78. The molecule has 2 rings (SSSR count). The molecule has 0 radical (unpaired) electrons. The first-order valence-corrected chi connectivity index (χ1v) is 7.29. The van der Waals surface area contributed by atoms with Crippen LogP contribution in [0, 0.1) is 6.92 Å². The lowest BCUT2D eigenvalue weighted by molar-refractivity contribution is 0.0632. The zero-order valence-electron chi connectivity index (χ0n) is 12.7. The lowest BCUT2D eigenvalue weighted by Crippen LogP contribution is -2.46. The summed E-state index contributed by atoms with van der Waals surface area (Å²) in [6, 6.07) is 4.35. The molecule has 2 heterocycles. The van der Waals surface area contributed by atoms with Crippen molar-refractivity contribution >= 4 is 18.3 Å². The van der Waals surface area contributed by atoms with Crippen molar-refractivity contribution in [2.75, 3.05) is 19.6 Å². The van der Waals surface area contributed by atoms with E-state index in [4.69, 9.17) is 0 Å². The van der Waals surface area contributed by atoms with Gasteiger partial charge in [-0.15, -0.1) is 12.4 Å². The van der Waals surface area contributed by atoms with Crippen molar-refractivity contribution in [3.8, 4) is 0 Å². The van der Waals surface area contributed by atoms with Gasteiger partial charge in [0.15, 0.2) is 0 Å². The highest BCUT2D eigenvalue weighted by Gasteiger charge is 2.26. The molecule has 0 unspecified atom stereocenters. The van der Waals surface area contributed by atoms with Crippen LogP contribution in [0.15, 0.2) is 12.1 Å². The summed E-state index contributed by atoms with van der Waals surface area (Å²) in [5.41, 5.74) is 1.94. The molecule has 1 N–H and O–H groups in total. The average Bonchev–Trinajstić information content (AvgIpc) is 2.77. The standard InChI is InChI=1S/C15H25N3O.ClH/c1-4-11-18(13-7-9-16-10-8-13)15(19)14-6-5-12(2)17(14)3;/h5-6,13,16H,4,7-11H2,1-3H3;1H. The SMILES string of the molecule is CCCN(C(=O)c1ccc(C)n1C)C1CCNCC1.Cl. The molecule has 1 saturated heterocycles. The molecule has 1 aromatic heterocycles. The number of hydrogen-bond acceptors (Lipinski definition) is 2. The van der Waals surface area contributed by atoms with Crippen LogP contribution in [-0.4, -0.2) is 41.1 Å². The second-order valence-electron chi connectivity index (χ2n) is 5.40. The Morgan fingerprint density at radius 2 is 2.05 bits per heavy atom. The van der Waals surface area contributed by atoms with E-state index in [1.165, 1.54) is 0 Å². The third-order valence-corrected chi connectivity index (χ3v) is 4.07. The quantitative estimate of drug-likeness (QED) is 0.927. The molecule has 0 aliphatic carbocycles. The van der Waals surface area contributed by atoms with Gasteiger partial charge in [0.2, 0.25) is 0 Å². The Labute approximate surface area is 127 Å². The van der Waals surface area contributed by atoms with Gasteiger partial charge in [0.05, 0.1) is 0 Å². The molecule has 1 aliphatic heterocycles. The number of aromatic nitrogens is 1. The van der Waals surface area contributed by atoms with E-state index in [2.05, 4.69) is 17.1 Å². The Kier molecular flexibility index (Phi) is 6.56. The van der Waals surface area contributed by atoms with Crippen LogP contribution in [0.3, 0.4) is 0 Å². The first-order chi connectivity index (χ1) is 9.15. The Balaban J connectivity index is 0.00000200. The minimum atomic E-state index is 0.